The average Bonchev–Trinajstić information content (AvgIpc) is 3.17. The van der Waals surface area contributed by atoms with Gasteiger partial charge in [0, 0.05) is 12.5 Å². The van der Waals surface area contributed by atoms with Gasteiger partial charge >= 0.3 is 12.1 Å². The number of carboxylic acids is 1. The molecule has 174 valence electrons. The Bertz CT molecular complexity index is 1070. The van der Waals surface area contributed by atoms with Gasteiger partial charge in [-0.25, -0.2) is 13.6 Å². The fourth-order valence-corrected chi connectivity index (χ4v) is 4.35. The lowest BCUT2D eigenvalue weighted by Gasteiger charge is -2.25. The molecule has 0 bridgehead atoms. The minimum absolute atomic E-state index is 0.0617. The van der Waals surface area contributed by atoms with Crippen LogP contribution in [0.2, 0.25) is 0 Å². The van der Waals surface area contributed by atoms with E-state index >= 15 is 0 Å². The molecule has 0 saturated heterocycles. The Morgan fingerprint density at radius 2 is 1.58 bits per heavy atom. The van der Waals surface area contributed by atoms with Gasteiger partial charge in [0.05, 0.1) is 5.92 Å². The molecule has 1 saturated carbocycles. The van der Waals surface area contributed by atoms with Gasteiger partial charge in [-0.2, -0.15) is 0 Å². The molecule has 2 aliphatic rings. The first kappa shape index (κ1) is 22.7. The topological polar surface area (TPSA) is 105 Å². The zero-order chi connectivity index (χ0) is 24.0. The van der Waals surface area contributed by atoms with Crippen molar-refractivity contribution in [2.45, 2.75) is 31.2 Å². The van der Waals surface area contributed by atoms with Crippen molar-refractivity contribution < 1.29 is 33.0 Å². The van der Waals surface area contributed by atoms with Crippen molar-refractivity contribution in [1.29, 1.82) is 0 Å². The minimum Gasteiger partial charge on any atom is -0.481 e. The van der Waals surface area contributed by atoms with Crippen LogP contribution in [0.3, 0.4) is 0 Å². The van der Waals surface area contributed by atoms with Gasteiger partial charge in [-0.05, 0) is 36.1 Å². The summed E-state index contributed by atoms with van der Waals surface area (Å²) in [4.78, 5) is 35.7. The van der Waals surface area contributed by atoms with Gasteiger partial charge in [0.25, 0.3) is 5.92 Å². The molecular weight excluding hydrogens is 434 g/mol. The van der Waals surface area contributed by atoms with E-state index in [1.807, 2.05) is 48.5 Å². The van der Waals surface area contributed by atoms with Crippen molar-refractivity contribution >= 4 is 18.0 Å². The van der Waals surface area contributed by atoms with Crippen molar-refractivity contribution in [2.75, 3.05) is 13.2 Å². The predicted molar refractivity (Wildman–Crippen MR) is 115 cm³/mol. The highest BCUT2D eigenvalue weighted by molar-refractivity contribution is 5.89. The highest BCUT2D eigenvalue weighted by Gasteiger charge is 2.72. The zero-order valence-corrected chi connectivity index (χ0v) is 18.1. The number of rotatable bonds is 7. The molecule has 0 spiro atoms. The maximum Gasteiger partial charge on any atom is 0.408 e. The maximum atomic E-state index is 13.5. The van der Waals surface area contributed by atoms with Crippen LogP contribution in [-0.4, -0.2) is 47.7 Å². The van der Waals surface area contributed by atoms with Crippen molar-refractivity contribution in [3.63, 3.8) is 0 Å². The van der Waals surface area contributed by atoms with Gasteiger partial charge in [-0.1, -0.05) is 48.5 Å². The number of carbonyl (C=O) groups is 3. The first-order valence-corrected chi connectivity index (χ1v) is 10.6. The van der Waals surface area contributed by atoms with E-state index in [9.17, 15) is 23.2 Å². The summed E-state index contributed by atoms with van der Waals surface area (Å²) < 4.78 is 32.4. The third kappa shape index (κ3) is 4.15. The molecule has 33 heavy (non-hydrogen) atoms. The molecule has 7 nitrogen and oxygen atoms in total. The molecule has 3 N–H and O–H groups in total. The molecule has 2 aliphatic carbocycles. The molecule has 1 fully saturated rings. The lowest BCUT2D eigenvalue weighted by atomic mass is 9.98. The average molecular weight is 458 g/mol. The van der Waals surface area contributed by atoms with E-state index in [0.717, 1.165) is 22.3 Å². The molecule has 0 heterocycles. The van der Waals surface area contributed by atoms with E-state index < -0.39 is 47.8 Å². The first-order valence-electron chi connectivity index (χ1n) is 10.6. The molecular formula is C24H24F2N2O5. The monoisotopic (exact) mass is 458 g/mol. The van der Waals surface area contributed by atoms with E-state index in [4.69, 9.17) is 9.84 Å². The standard InChI is InChI=1S/C24H24F2N2O5/c1-23(2,21(31)27-11-18-19(20(29)30)24(18,25)26)28-22(32)33-12-17-15-9-5-3-7-13(15)14-8-4-6-10-16(14)17/h3-10,17-19H,11-12H2,1-2H3,(H,27,31)(H,28,32)(H,29,30). The largest absolute Gasteiger partial charge is 0.481 e. The number of benzene rings is 2. The number of amides is 2. The van der Waals surface area contributed by atoms with Crippen LogP contribution in [0.15, 0.2) is 48.5 Å². The third-order valence-corrected chi connectivity index (χ3v) is 6.28. The molecule has 2 unspecified atom stereocenters. The summed E-state index contributed by atoms with van der Waals surface area (Å²) in [6.07, 6.45) is -0.822. The highest BCUT2D eigenvalue weighted by atomic mass is 19.3. The van der Waals surface area contributed by atoms with Crippen LogP contribution in [0.1, 0.15) is 30.9 Å². The minimum atomic E-state index is -3.36. The van der Waals surface area contributed by atoms with Gasteiger partial charge in [-0.3, -0.25) is 9.59 Å². The second kappa shape index (κ2) is 8.13. The van der Waals surface area contributed by atoms with E-state index in [1.54, 1.807) is 0 Å². The van der Waals surface area contributed by atoms with Crippen LogP contribution >= 0.6 is 0 Å². The summed E-state index contributed by atoms with van der Waals surface area (Å²) >= 11 is 0. The van der Waals surface area contributed by atoms with E-state index in [1.165, 1.54) is 13.8 Å². The number of nitrogens with one attached hydrogen (secondary N) is 2. The summed E-state index contributed by atoms with van der Waals surface area (Å²) in [6.45, 7) is 2.37. The number of fused-ring (bicyclic) bond motifs is 3. The fourth-order valence-electron chi connectivity index (χ4n) is 4.35. The zero-order valence-electron chi connectivity index (χ0n) is 18.1. The molecule has 2 aromatic carbocycles. The Kier molecular flexibility index (Phi) is 5.59. The Balaban J connectivity index is 1.33. The van der Waals surface area contributed by atoms with Gasteiger partial charge < -0.3 is 20.5 Å². The van der Waals surface area contributed by atoms with Crippen LogP contribution in [0.25, 0.3) is 11.1 Å². The second-order valence-electron chi connectivity index (χ2n) is 8.88. The summed E-state index contributed by atoms with van der Waals surface area (Å²) in [5, 5.41) is 13.6. The molecule has 2 amide bonds. The number of aliphatic carboxylic acids is 1. The molecule has 0 radical (unpaired) electrons. The van der Waals surface area contributed by atoms with Crippen LogP contribution in [0, 0.1) is 11.8 Å². The fraction of sp³-hybridized carbons (Fsp3) is 0.375. The van der Waals surface area contributed by atoms with Crippen LogP contribution < -0.4 is 10.6 Å². The molecule has 9 heteroatoms. The molecule has 4 rings (SSSR count). The Labute approximate surface area is 189 Å². The van der Waals surface area contributed by atoms with Crippen LogP contribution in [-0.2, 0) is 14.3 Å². The maximum absolute atomic E-state index is 13.5. The highest BCUT2D eigenvalue weighted by Crippen LogP contribution is 2.54. The van der Waals surface area contributed by atoms with E-state index in [2.05, 4.69) is 10.6 Å². The molecule has 0 aromatic heterocycles. The normalized spacial score (nSPS) is 20.4. The van der Waals surface area contributed by atoms with Crippen molar-refractivity contribution in [1.82, 2.24) is 10.6 Å². The summed E-state index contributed by atoms with van der Waals surface area (Å²) in [6, 6.07) is 15.7. The number of carbonyl (C=O) groups excluding carboxylic acids is 2. The van der Waals surface area contributed by atoms with E-state index in [-0.39, 0.29) is 12.5 Å². The predicted octanol–water partition coefficient (Wildman–Crippen LogP) is 3.39. The van der Waals surface area contributed by atoms with Gasteiger partial charge in [0.1, 0.15) is 18.1 Å². The van der Waals surface area contributed by atoms with Crippen molar-refractivity contribution in [3.8, 4) is 11.1 Å². The summed E-state index contributed by atoms with van der Waals surface area (Å²) in [5.74, 6) is -9.10. The lowest BCUT2D eigenvalue weighted by molar-refractivity contribution is -0.141. The van der Waals surface area contributed by atoms with Gasteiger partial charge in [0.2, 0.25) is 5.91 Å². The quantitative estimate of drug-likeness (QED) is 0.590. The number of alkyl carbamates (subject to hydrolysis) is 1. The Morgan fingerprint density at radius 1 is 1.03 bits per heavy atom. The van der Waals surface area contributed by atoms with E-state index in [0.29, 0.717) is 0 Å². The van der Waals surface area contributed by atoms with Crippen LogP contribution in [0.5, 0.6) is 0 Å². The number of halogens is 2. The smallest absolute Gasteiger partial charge is 0.408 e. The lowest BCUT2D eigenvalue weighted by Crippen LogP contribution is -2.55. The summed E-state index contributed by atoms with van der Waals surface area (Å²) in [7, 11) is 0. The number of ether oxygens (including phenoxy) is 1. The first-order chi connectivity index (χ1) is 15.5. The molecule has 0 aliphatic heterocycles. The number of hydrogen-bond donors (Lipinski definition) is 3. The van der Waals surface area contributed by atoms with Gasteiger partial charge in [0.15, 0.2) is 0 Å². The number of alkyl halides is 2. The SMILES string of the molecule is CC(C)(NC(=O)OCC1c2ccccc2-c2ccccc21)C(=O)NCC1C(C(=O)O)C1(F)F. The third-order valence-electron chi connectivity index (χ3n) is 6.28. The molecule has 2 aromatic rings. The van der Waals surface area contributed by atoms with Gasteiger partial charge in [-0.15, -0.1) is 0 Å². The molecule has 2 atom stereocenters. The van der Waals surface area contributed by atoms with Crippen LogP contribution in [0.4, 0.5) is 13.6 Å². The van der Waals surface area contributed by atoms with Crippen molar-refractivity contribution in [2.24, 2.45) is 11.8 Å². The Morgan fingerprint density at radius 3 is 2.09 bits per heavy atom. The second-order valence-corrected chi connectivity index (χ2v) is 8.88. The number of hydrogen-bond acceptors (Lipinski definition) is 4. The summed E-state index contributed by atoms with van der Waals surface area (Å²) in [5.41, 5.74) is 2.80. The van der Waals surface area contributed by atoms with Crippen molar-refractivity contribution in [3.05, 3.63) is 59.7 Å². The Hall–Kier alpha value is -3.49. The number of carboxylic acid groups (broad SMARTS) is 1.